The van der Waals surface area contributed by atoms with Gasteiger partial charge in [-0.3, -0.25) is 4.98 Å². The van der Waals surface area contributed by atoms with E-state index < -0.39 is 0 Å². The van der Waals surface area contributed by atoms with E-state index in [1.165, 1.54) is 10.3 Å². The van der Waals surface area contributed by atoms with Crippen LogP contribution in [0.3, 0.4) is 0 Å². The van der Waals surface area contributed by atoms with Gasteiger partial charge in [0, 0.05) is 24.4 Å². The van der Waals surface area contributed by atoms with Gasteiger partial charge in [0.1, 0.15) is 0 Å². The Morgan fingerprint density at radius 2 is 2.05 bits per heavy atom. The number of thiazole rings is 1. The molecule has 3 rings (SSSR count). The summed E-state index contributed by atoms with van der Waals surface area (Å²) < 4.78 is 1.25. The van der Waals surface area contributed by atoms with Crippen molar-refractivity contribution in [2.24, 2.45) is 0 Å². The van der Waals surface area contributed by atoms with Gasteiger partial charge in [-0.1, -0.05) is 18.2 Å². The molecule has 20 heavy (non-hydrogen) atoms. The number of nitrogens with one attached hydrogen (secondary N) is 1. The van der Waals surface area contributed by atoms with Gasteiger partial charge in [0.25, 0.3) is 0 Å². The monoisotopic (exact) mass is 283 g/mol. The summed E-state index contributed by atoms with van der Waals surface area (Å²) in [4.78, 5) is 9.09. The van der Waals surface area contributed by atoms with Crippen molar-refractivity contribution >= 4 is 21.6 Å². The molecule has 0 saturated carbocycles. The maximum atomic E-state index is 4.71. The lowest BCUT2D eigenvalue weighted by molar-refractivity contribution is 0.585. The zero-order chi connectivity index (χ0) is 13.9. The van der Waals surface area contributed by atoms with E-state index in [0.717, 1.165) is 22.6 Å². The Balaban J connectivity index is 1.90. The second kappa shape index (κ2) is 5.69. The number of aromatic nitrogens is 2. The van der Waals surface area contributed by atoms with Crippen LogP contribution in [-0.4, -0.2) is 17.0 Å². The van der Waals surface area contributed by atoms with Gasteiger partial charge in [0.05, 0.1) is 15.2 Å². The molecule has 0 bridgehead atoms. The van der Waals surface area contributed by atoms with Crippen LogP contribution in [0.5, 0.6) is 0 Å². The molecule has 102 valence electrons. The first-order valence-corrected chi connectivity index (χ1v) is 7.53. The van der Waals surface area contributed by atoms with Crippen LogP contribution in [0.1, 0.15) is 22.3 Å². The molecule has 1 aromatic carbocycles. The first kappa shape index (κ1) is 13.2. The van der Waals surface area contributed by atoms with Crippen LogP contribution in [0.4, 0.5) is 0 Å². The summed E-state index contributed by atoms with van der Waals surface area (Å²) >= 11 is 1.77. The number of nitrogens with zero attached hydrogens (tertiary/aromatic N) is 2. The van der Waals surface area contributed by atoms with Crippen molar-refractivity contribution < 1.29 is 0 Å². The number of hydrogen-bond acceptors (Lipinski definition) is 4. The lowest BCUT2D eigenvalue weighted by atomic mass is 10.0. The Morgan fingerprint density at radius 1 is 1.20 bits per heavy atom. The Kier molecular flexibility index (Phi) is 3.76. The molecule has 2 aromatic heterocycles. The van der Waals surface area contributed by atoms with Gasteiger partial charge in [0.2, 0.25) is 0 Å². The van der Waals surface area contributed by atoms with Crippen molar-refractivity contribution in [1.82, 2.24) is 15.3 Å². The normalized spacial score (nSPS) is 12.7. The predicted octanol–water partition coefficient (Wildman–Crippen LogP) is 3.50. The van der Waals surface area contributed by atoms with E-state index in [-0.39, 0.29) is 6.04 Å². The van der Waals surface area contributed by atoms with E-state index in [9.17, 15) is 0 Å². The molecule has 0 aliphatic carbocycles. The Labute approximate surface area is 122 Å². The molecule has 0 spiro atoms. The fraction of sp³-hybridized carbons (Fsp3) is 0.250. The molecular formula is C16H17N3S. The lowest BCUT2D eigenvalue weighted by Crippen LogP contribution is -2.20. The van der Waals surface area contributed by atoms with Gasteiger partial charge in [-0.2, -0.15) is 0 Å². The molecule has 3 aromatic rings. The molecule has 0 aliphatic heterocycles. The summed E-state index contributed by atoms with van der Waals surface area (Å²) in [6.07, 6.45) is 2.73. The highest BCUT2D eigenvalue weighted by Crippen LogP contribution is 2.26. The highest BCUT2D eigenvalue weighted by Gasteiger charge is 2.15. The van der Waals surface area contributed by atoms with Gasteiger partial charge < -0.3 is 5.32 Å². The van der Waals surface area contributed by atoms with Gasteiger partial charge in [-0.05, 0) is 37.7 Å². The summed E-state index contributed by atoms with van der Waals surface area (Å²) in [6.45, 7) is 2.05. The first-order valence-electron chi connectivity index (χ1n) is 6.71. The summed E-state index contributed by atoms with van der Waals surface area (Å²) in [5, 5.41) is 4.54. The molecule has 2 heterocycles. The minimum Gasteiger partial charge on any atom is -0.313 e. The van der Waals surface area contributed by atoms with Crippen molar-refractivity contribution in [3.8, 4) is 0 Å². The molecule has 4 heteroatoms. The highest BCUT2D eigenvalue weighted by molar-refractivity contribution is 7.18. The minimum absolute atomic E-state index is 0.254. The highest BCUT2D eigenvalue weighted by atomic mass is 32.1. The average Bonchev–Trinajstić information content (AvgIpc) is 2.88. The molecule has 1 unspecified atom stereocenters. The van der Waals surface area contributed by atoms with Crippen molar-refractivity contribution in [2.75, 3.05) is 7.05 Å². The van der Waals surface area contributed by atoms with E-state index in [1.54, 1.807) is 11.3 Å². The third kappa shape index (κ3) is 2.57. The van der Waals surface area contributed by atoms with Crippen LogP contribution in [0.15, 0.2) is 42.6 Å². The molecule has 1 N–H and O–H groups in total. The van der Waals surface area contributed by atoms with Crippen LogP contribution >= 0.6 is 11.3 Å². The van der Waals surface area contributed by atoms with E-state index in [2.05, 4.69) is 41.5 Å². The summed E-state index contributed by atoms with van der Waals surface area (Å²) in [5.41, 5.74) is 3.41. The fourth-order valence-corrected chi connectivity index (χ4v) is 3.43. The Morgan fingerprint density at radius 3 is 2.80 bits per heavy atom. The third-order valence-electron chi connectivity index (χ3n) is 3.49. The molecule has 0 saturated heterocycles. The van der Waals surface area contributed by atoms with Gasteiger partial charge in [-0.15, -0.1) is 11.3 Å². The smallest absolute Gasteiger partial charge is 0.0957 e. The Bertz CT molecular complexity index is 687. The quantitative estimate of drug-likeness (QED) is 0.796. The number of para-hydroxylation sites is 1. The molecule has 1 atom stereocenters. The van der Waals surface area contributed by atoms with Gasteiger partial charge >= 0.3 is 0 Å². The second-order valence-electron chi connectivity index (χ2n) is 4.80. The van der Waals surface area contributed by atoms with Gasteiger partial charge in [-0.25, -0.2) is 4.98 Å². The van der Waals surface area contributed by atoms with E-state index in [0.29, 0.717) is 0 Å². The topological polar surface area (TPSA) is 37.8 Å². The van der Waals surface area contributed by atoms with E-state index in [1.807, 2.05) is 25.4 Å². The molecular weight excluding hydrogens is 266 g/mol. The molecule has 0 fully saturated rings. The number of aryl methyl sites for hydroxylation is 1. The van der Waals surface area contributed by atoms with Crippen LogP contribution in [-0.2, 0) is 6.42 Å². The maximum Gasteiger partial charge on any atom is 0.0957 e. The van der Waals surface area contributed by atoms with Crippen LogP contribution in [0, 0.1) is 6.92 Å². The molecule has 3 nitrogen and oxygen atoms in total. The van der Waals surface area contributed by atoms with Gasteiger partial charge in [0.15, 0.2) is 0 Å². The minimum atomic E-state index is 0.254. The third-order valence-corrected chi connectivity index (χ3v) is 4.55. The SMILES string of the molecule is CNC(Cc1nc2ccccc2s1)c1cccnc1C. The number of hydrogen-bond donors (Lipinski definition) is 1. The maximum absolute atomic E-state index is 4.71. The zero-order valence-corrected chi connectivity index (χ0v) is 12.4. The van der Waals surface area contributed by atoms with Crippen molar-refractivity contribution in [3.63, 3.8) is 0 Å². The summed E-state index contributed by atoms with van der Waals surface area (Å²) in [7, 11) is 1.99. The van der Waals surface area contributed by atoms with Crippen LogP contribution in [0.2, 0.25) is 0 Å². The van der Waals surface area contributed by atoms with E-state index in [4.69, 9.17) is 4.98 Å². The van der Waals surface area contributed by atoms with Crippen molar-refractivity contribution in [2.45, 2.75) is 19.4 Å². The summed E-state index contributed by atoms with van der Waals surface area (Å²) in [5.74, 6) is 0. The molecule has 0 aliphatic rings. The number of fused-ring (bicyclic) bond motifs is 1. The number of pyridine rings is 1. The average molecular weight is 283 g/mol. The van der Waals surface area contributed by atoms with E-state index >= 15 is 0 Å². The number of rotatable bonds is 4. The number of benzene rings is 1. The standard InChI is InChI=1S/C16H17N3S/c1-11-12(6-5-9-18-11)14(17-2)10-16-19-13-7-3-4-8-15(13)20-16/h3-9,14,17H,10H2,1-2H3. The first-order chi connectivity index (χ1) is 9.78. The zero-order valence-electron chi connectivity index (χ0n) is 11.6. The molecule has 0 radical (unpaired) electrons. The fourth-order valence-electron chi connectivity index (χ4n) is 2.41. The van der Waals surface area contributed by atoms with Crippen LogP contribution < -0.4 is 5.32 Å². The Hall–Kier alpha value is -1.78. The lowest BCUT2D eigenvalue weighted by Gasteiger charge is -2.16. The van der Waals surface area contributed by atoms with Crippen molar-refractivity contribution in [1.29, 1.82) is 0 Å². The van der Waals surface area contributed by atoms with Crippen molar-refractivity contribution in [3.05, 3.63) is 58.9 Å². The number of likely N-dealkylation sites (N-methyl/N-ethyl adjacent to an activating group) is 1. The molecule has 0 amide bonds. The van der Waals surface area contributed by atoms with Crippen LogP contribution in [0.25, 0.3) is 10.2 Å². The largest absolute Gasteiger partial charge is 0.313 e. The predicted molar refractivity (Wildman–Crippen MR) is 84.1 cm³/mol. The second-order valence-corrected chi connectivity index (χ2v) is 5.91. The summed E-state index contributed by atoms with van der Waals surface area (Å²) in [6, 6.07) is 12.7.